The summed E-state index contributed by atoms with van der Waals surface area (Å²) in [6.07, 6.45) is 13.5. The topological polar surface area (TPSA) is 58.9 Å². The zero-order valence-corrected chi connectivity index (χ0v) is 26.9. The maximum Gasteiger partial charge on any atom is 0.162 e. The van der Waals surface area contributed by atoms with Crippen LogP contribution < -0.4 is 4.74 Å². The van der Waals surface area contributed by atoms with Crippen molar-refractivity contribution in [2.75, 3.05) is 0 Å². The molecule has 0 saturated heterocycles. The van der Waals surface area contributed by atoms with Gasteiger partial charge in [0.1, 0.15) is 6.10 Å². The molecular weight excluding hydrogens is 675 g/mol. The van der Waals surface area contributed by atoms with Crippen LogP contribution in [-0.2, 0) is 24.9 Å². The first-order valence-corrected chi connectivity index (χ1v) is 14.5. The third-order valence-corrected chi connectivity index (χ3v) is 8.17. The Morgan fingerprint density at radius 2 is 1.75 bits per heavy atom. The van der Waals surface area contributed by atoms with Gasteiger partial charge in [0.15, 0.2) is 5.78 Å². The molecule has 0 saturated carbocycles. The van der Waals surface area contributed by atoms with Gasteiger partial charge in [0.05, 0.1) is 11.5 Å². The number of rotatable bonds is 8. The van der Waals surface area contributed by atoms with Crippen LogP contribution in [0.1, 0.15) is 72.8 Å². The van der Waals surface area contributed by atoms with E-state index in [0.29, 0.717) is 5.92 Å². The van der Waals surface area contributed by atoms with Gasteiger partial charge >= 0.3 is 0 Å². The molecule has 2 heterocycles. The Labute approximate surface area is 253 Å². The molecule has 2 aromatic rings. The molecule has 215 valence electrons. The summed E-state index contributed by atoms with van der Waals surface area (Å²) in [5.41, 5.74) is 4.72. The SMILES string of the molecule is CC(C)C1=CC2Oc3cc4ccccc4[c-]c3C3=NC=CC(=C1)C32.CCC(CC)C(=O)/C=C(\O)C(CC)CC.[Ir]. The predicted molar refractivity (Wildman–Crippen MR) is 161 cm³/mol. The number of benzene rings is 2. The van der Waals surface area contributed by atoms with Crippen molar-refractivity contribution in [2.24, 2.45) is 28.7 Å². The van der Waals surface area contributed by atoms with Crippen molar-refractivity contribution < 1.29 is 34.7 Å². The molecule has 40 heavy (non-hydrogen) atoms. The Balaban J connectivity index is 0.000000243. The predicted octanol–water partition coefficient (Wildman–Crippen LogP) is 8.72. The molecule has 3 aliphatic rings. The van der Waals surface area contributed by atoms with Crippen LogP contribution in [-0.4, -0.2) is 22.7 Å². The number of ketones is 1. The maximum atomic E-state index is 11.7. The molecule has 1 aliphatic carbocycles. The van der Waals surface area contributed by atoms with E-state index < -0.39 is 0 Å². The van der Waals surface area contributed by atoms with E-state index in [4.69, 9.17) is 9.73 Å². The molecule has 1 radical (unpaired) electrons. The number of hydrogen-bond donors (Lipinski definition) is 1. The van der Waals surface area contributed by atoms with Crippen molar-refractivity contribution in [3.63, 3.8) is 0 Å². The summed E-state index contributed by atoms with van der Waals surface area (Å²) in [7, 11) is 0. The van der Waals surface area contributed by atoms with Crippen LogP contribution in [0.25, 0.3) is 10.8 Å². The zero-order chi connectivity index (χ0) is 28.1. The summed E-state index contributed by atoms with van der Waals surface area (Å²) in [4.78, 5) is 16.4. The van der Waals surface area contributed by atoms with E-state index in [2.05, 4.69) is 56.3 Å². The molecule has 5 rings (SSSR count). The Morgan fingerprint density at radius 1 is 1.07 bits per heavy atom. The fraction of sp³-hybridized carbons (Fsp3) is 0.429. The second-order valence-electron chi connectivity index (χ2n) is 11.0. The maximum absolute atomic E-state index is 11.7. The van der Waals surface area contributed by atoms with E-state index in [9.17, 15) is 9.90 Å². The average molecular weight is 717 g/mol. The summed E-state index contributed by atoms with van der Waals surface area (Å²) in [6.45, 7) is 12.5. The van der Waals surface area contributed by atoms with Crippen molar-refractivity contribution in [3.05, 3.63) is 89.4 Å². The van der Waals surface area contributed by atoms with Crippen molar-refractivity contribution in [1.82, 2.24) is 0 Å². The number of aliphatic imine (C=N–C) groups is 1. The first-order valence-electron chi connectivity index (χ1n) is 14.5. The zero-order valence-electron chi connectivity index (χ0n) is 24.5. The summed E-state index contributed by atoms with van der Waals surface area (Å²) in [6, 6.07) is 13.9. The minimum absolute atomic E-state index is 0. The average Bonchev–Trinajstić information content (AvgIpc) is 2.93. The third-order valence-electron chi connectivity index (χ3n) is 8.17. The molecule has 2 unspecified atom stereocenters. The van der Waals surface area contributed by atoms with Crippen LogP contribution in [0.15, 0.2) is 82.7 Å². The first kappa shape index (κ1) is 31.8. The largest absolute Gasteiger partial charge is 0.521 e. The number of nitrogens with zero attached hydrogens (tertiary/aromatic N) is 1. The number of carbonyl (C=O) groups excluding carboxylic acids is 1. The Hall–Kier alpha value is -2.75. The van der Waals surface area contributed by atoms with Crippen molar-refractivity contribution in [1.29, 1.82) is 0 Å². The molecule has 5 heteroatoms. The van der Waals surface area contributed by atoms with Gasteiger partial charge in [-0.15, -0.1) is 17.5 Å². The smallest absolute Gasteiger partial charge is 0.162 e. The molecule has 0 aromatic heterocycles. The van der Waals surface area contributed by atoms with Gasteiger partial charge in [-0.3, -0.25) is 9.79 Å². The van der Waals surface area contributed by atoms with Crippen LogP contribution in [0.2, 0.25) is 0 Å². The summed E-state index contributed by atoms with van der Waals surface area (Å²) < 4.78 is 6.40. The second-order valence-corrected chi connectivity index (χ2v) is 11.0. The molecular formula is C35H42IrNO3-. The second kappa shape index (κ2) is 14.2. The fourth-order valence-electron chi connectivity index (χ4n) is 5.59. The van der Waals surface area contributed by atoms with Crippen LogP contribution in [0.4, 0.5) is 0 Å². The van der Waals surface area contributed by atoms with Crippen LogP contribution in [0.5, 0.6) is 5.75 Å². The fourth-order valence-corrected chi connectivity index (χ4v) is 5.59. The normalized spacial score (nSPS) is 19.0. The first-order chi connectivity index (χ1) is 18.8. The Morgan fingerprint density at radius 3 is 2.40 bits per heavy atom. The molecule has 4 nitrogen and oxygen atoms in total. The van der Waals surface area contributed by atoms with Crippen LogP contribution >= 0.6 is 0 Å². The van der Waals surface area contributed by atoms with Gasteiger partial charge in [-0.05, 0) is 60.6 Å². The number of allylic oxidation sites excluding steroid dienone is 5. The van der Waals surface area contributed by atoms with E-state index in [1.807, 2.05) is 46.0 Å². The quantitative estimate of drug-likeness (QED) is 0.169. The van der Waals surface area contributed by atoms with Crippen LogP contribution in [0.3, 0.4) is 0 Å². The molecule has 0 spiro atoms. The van der Waals surface area contributed by atoms with Gasteiger partial charge in [0.2, 0.25) is 0 Å². The van der Waals surface area contributed by atoms with E-state index in [0.717, 1.165) is 53.5 Å². The van der Waals surface area contributed by atoms with E-state index in [-0.39, 0.29) is 55.5 Å². The monoisotopic (exact) mass is 717 g/mol. The minimum atomic E-state index is 0. The van der Waals surface area contributed by atoms with Crippen LogP contribution in [0, 0.1) is 29.7 Å². The molecule has 0 amide bonds. The van der Waals surface area contributed by atoms with Crippen molar-refractivity contribution in [3.8, 4) is 5.75 Å². The number of hydrogen-bond acceptors (Lipinski definition) is 4. The Kier molecular flexibility index (Phi) is 11.3. The Bertz CT molecular complexity index is 1360. The molecule has 0 fully saturated rings. The standard InChI is InChI=1S/C22H18NO.C13H24O2.Ir/c1-13(2)17-9-16-7-8-23-22-18-10-14-5-3-4-6-15(14)11-19(18)24-20(12-17)21(16)22;1-5-10(6-2)12(14)9-13(15)11(7-3)8-4;/h3-9,11-13,20-21H,1-2H3;9-11,14H,5-8H2,1-4H3;/q-1;;/b;12-9-;. The van der Waals surface area contributed by atoms with Gasteiger partial charge < -0.3 is 9.84 Å². The van der Waals surface area contributed by atoms with Crippen molar-refractivity contribution in [2.45, 2.75) is 73.3 Å². The number of carbonyl (C=O) groups is 1. The minimum Gasteiger partial charge on any atom is -0.521 e. The van der Waals surface area contributed by atoms with Gasteiger partial charge in [0, 0.05) is 50.1 Å². The van der Waals surface area contributed by atoms with E-state index in [1.165, 1.54) is 17.2 Å². The number of aliphatic hydroxyl groups is 1. The molecule has 0 bridgehead atoms. The molecule has 1 N–H and O–H groups in total. The summed E-state index contributed by atoms with van der Waals surface area (Å²) in [5, 5.41) is 12.0. The van der Waals surface area contributed by atoms with Gasteiger partial charge in [-0.1, -0.05) is 82.8 Å². The van der Waals surface area contributed by atoms with E-state index >= 15 is 0 Å². The van der Waals surface area contributed by atoms with Gasteiger partial charge in [-0.25, -0.2) is 0 Å². The van der Waals surface area contributed by atoms with Gasteiger partial charge in [0.25, 0.3) is 0 Å². The third kappa shape index (κ3) is 6.75. The number of ether oxygens (including phenoxy) is 1. The van der Waals surface area contributed by atoms with Gasteiger partial charge in [-0.2, -0.15) is 0 Å². The summed E-state index contributed by atoms with van der Waals surface area (Å²) in [5.74, 6) is 2.11. The summed E-state index contributed by atoms with van der Waals surface area (Å²) >= 11 is 0. The molecule has 2 aromatic carbocycles. The van der Waals surface area contributed by atoms with Crippen molar-refractivity contribution >= 4 is 22.3 Å². The number of aliphatic hydroxyl groups excluding tert-OH is 1. The molecule has 2 atom stereocenters. The van der Waals surface area contributed by atoms with E-state index in [1.54, 1.807) is 0 Å². The molecule has 2 aliphatic heterocycles. The number of fused-ring (bicyclic) bond motifs is 3.